The molecule has 0 aliphatic rings. The fraction of sp³-hybridized carbons (Fsp3) is 0.273. The average Bonchev–Trinajstić information content (AvgIpc) is 3.24. The third-order valence-corrected chi connectivity index (χ3v) is 5.91. The predicted octanol–water partition coefficient (Wildman–Crippen LogP) is 4.05. The van der Waals surface area contributed by atoms with Gasteiger partial charge in [0, 0.05) is 6.54 Å². The molecule has 7 nitrogen and oxygen atoms in total. The van der Waals surface area contributed by atoms with Crippen molar-refractivity contribution in [2.45, 2.75) is 17.9 Å². The van der Waals surface area contributed by atoms with Crippen LogP contribution >= 0.6 is 0 Å². The van der Waals surface area contributed by atoms with Crippen molar-refractivity contribution in [1.82, 2.24) is 9.62 Å². The van der Waals surface area contributed by atoms with E-state index in [0.29, 0.717) is 23.9 Å². The van der Waals surface area contributed by atoms with Crippen molar-refractivity contribution < 1.29 is 22.3 Å². The van der Waals surface area contributed by atoms with Crippen LogP contribution in [-0.2, 0) is 10.0 Å². The Labute approximate surface area is 177 Å². The Kier molecular flexibility index (Phi) is 7.15. The molecule has 8 heteroatoms. The zero-order valence-corrected chi connectivity index (χ0v) is 18.1. The maximum absolute atomic E-state index is 12.7. The molecular formula is C22H26N2O5S. The van der Waals surface area contributed by atoms with Gasteiger partial charge in [-0.1, -0.05) is 0 Å². The molecule has 0 aliphatic carbocycles. The van der Waals surface area contributed by atoms with Crippen molar-refractivity contribution in [3.05, 3.63) is 72.7 Å². The molecule has 0 saturated carbocycles. The van der Waals surface area contributed by atoms with Crippen LogP contribution in [0.15, 0.2) is 76.2 Å². The predicted molar refractivity (Wildman–Crippen MR) is 114 cm³/mol. The molecule has 0 amide bonds. The van der Waals surface area contributed by atoms with E-state index in [-0.39, 0.29) is 17.5 Å². The fourth-order valence-corrected chi connectivity index (χ4v) is 3.92. The van der Waals surface area contributed by atoms with Crippen molar-refractivity contribution in [3.63, 3.8) is 0 Å². The van der Waals surface area contributed by atoms with Gasteiger partial charge in [-0.2, -0.15) is 0 Å². The summed E-state index contributed by atoms with van der Waals surface area (Å²) in [5.74, 6) is 2.64. The molecular weight excluding hydrogens is 404 g/mol. The van der Waals surface area contributed by atoms with Crippen LogP contribution in [0.4, 0.5) is 0 Å². The molecule has 0 spiro atoms. The van der Waals surface area contributed by atoms with Crippen molar-refractivity contribution in [1.29, 1.82) is 0 Å². The molecule has 1 unspecified atom stereocenters. The van der Waals surface area contributed by atoms with Gasteiger partial charge in [-0.3, -0.25) is 4.90 Å². The summed E-state index contributed by atoms with van der Waals surface area (Å²) in [6, 6.07) is 16.9. The van der Waals surface area contributed by atoms with Gasteiger partial charge in [-0.15, -0.1) is 0 Å². The summed E-state index contributed by atoms with van der Waals surface area (Å²) in [4.78, 5) is 2.06. The quantitative estimate of drug-likeness (QED) is 0.523. The van der Waals surface area contributed by atoms with Crippen LogP contribution in [-0.4, -0.2) is 40.6 Å². The Bertz CT molecular complexity index is 1010. The maximum Gasteiger partial charge on any atom is 0.240 e. The number of rotatable bonds is 10. The van der Waals surface area contributed by atoms with E-state index >= 15 is 0 Å². The number of furan rings is 1. The highest BCUT2D eigenvalue weighted by Gasteiger charge is 2.21. The topological polar surface area (TPSA) is 81.0 Å². The number of ether oxygens (including phenoxy) is 2. The van der Waals surface area contributed by atoms with E-state index in [2.05, 4.69) is 4.72 Å². The van der Waals surface area contributed by atoms with Gasteiger partial charge in [0.25, 0.3) is 0 Å². The molecule has 0 radical (unpaired) electrons. The first-order chi connectivity index (χ1) is 14.4. The molecule has 160 valence electrons. The van der Waals surface area contributed by atoms with E-state index < -0.39 is 10.0 Å². The fourth-order valence-electron chi connectivity index (χ4n) is 2.88. The summed E-state index contributed by atoms with van der Waals surface area (Å²) in [5.41, 5.74) is 0. The minimum absolute atomic E-state index is 0.165. The minimum atomic E-state index is -3.67. The van der Waals surface area contributed by atoms with E-state index in [4.69, 9.17) is 13.9 Å². The molecule has 1 heterocycles. The Morgan fingerprint density at radius 1 is 0.967 bits per heavy atom. The van der Waals surface area contributed by atoms with Crippen molar-refractivity contribution >= 4 is 10.0 Å². The zero-order chi connectivity index (χ0) is 21.6. The standard InChI is InChI=1S/C22H26N2O5S/c1-4-27-17-7-9-18(10-8-17)29-19-11-13-20(14-12-19)30(25,26)23-16-21(24(2)3)22-6-5-15-28-22/h5-15,21,23H,4,16H2,1-3H3. The maximum atomic E-state index is 12.7. The first-order valence-electron chi connectivity index (χ1n) is 9.59. The Balaban J connectivity index is 1.64. The number of hydrogen-bond acceptors (Lipinski definition) is 6. The SMILES string of the molecule is CCOc1ccc(Oc2ccc(S(=O)(=O)NCC(c3ccco3)N(C)C)cc2)cc1. The lowest BCUT2D eigenvalue weighted by molar-refractivity contribution is 0.259. The van der Waals surface area contributed by atoms with Gasteiger partial charge in [-0.05, 0) is 81.7 Å². The number of hydrogen-bond donors (Lipinski definition) is 1. The van der Waals surface area contributed by atoms with Crippen LogP contribution in [0.25, 0.3) is 0 Å². The van der Waals surface area contributed by atoms with Crippen molar-refractivity contribution in [2.75, 3.05) is 27.2 Å². The van der Waals surface area contributed by atoms with Crippen LogP contribution in [0.3, 0.4) is 0 Å². The highest BCUT2D eigenvalue weighted by atomic mass is 32.2. The molecule has 1 aromatic heterocycles. The third kappa shape index (κ3) is 5.63. The summed E-state index contributed by atoms with van der Waals surface area (Å²) < 4.78 is 44.6. The number of likely N-dealkylation sites (N-methyl/N-ethyl adjacent to an activating group) is 1. The minimum Gasteiger partial charge on any atom is -0.494 e. The van der Waals surface area contributed by atoms with Gasteiger partial charge in [0.1, 0.15) is 23.0 Å². The summed E-state index contributed by atoms with van der Waals surface area (Å²) >= 11 is 0. The van der Waals surface area contributed by atoms with Gasteiger partial charge in [-0.25, -0.2) is 13.1 Å². The van der Waals surface area contributed by atoms with Crippen LogP contribution in [0.2, 0.25) is 0 Å². The monoisotopic (exact) mass is 430 g/mol. The number of benzene rings is 2. The molecule has 0 fully saturated rings. The van der Waals surface area contributed by atoms with E-state index in [0.717, 1.165) is 5.75 Å². The summed E-state index contributed by atoms with van der Waals surface area (Å²) in [5, 5.41) is 0. The molecule has 1 atom stereocenters. The van der Waals surface area contributed by atoms with Crippen LogP contribution in [0.1, 0.15) is 18.7 Å². The molecule has 0 saturated heterocycles. The van der Waals surface area contributed by atoms with E-state index in [1.165, 1.54) is 12.1 Å². The van der Waals surface area contributed by atoms with Gasteiger partial charge in [0.05, 0.1) is 23.8 Å². The van der Waals surface area contributed by atoms with E-state index in [1.807, 2.05) is 44.1 Å². The Morgan fingerprint density at radius 2 is 1.57 bits per heavy atom. The van der Waals surface area contributed by atoms with E-state index in [1.54, 1.807) is 36.6 Å². The normalized spacial score (nSPS) is 12.7. The summed E-state index contributed by atoms with van der Waals surface area (Å²) in [6.45, 7) is 2.71. The van der Waals surface area contributed by atoms with Crippen LogP contribution in [0, 0.1) is 0 Å². The molecule has 1 N–H and O–H groups in total. The third-order valence-electron chi connectivity index (χ3n) is 4.47. The van der Waals surface area contributed by atoms with E-state index in [9.17, 15) is 8.42 Å². The molecule has 0 bridgehead atoms. The molecule has 2 aromatic carbocycles. The van der Waals surface area contributed by atoms with Crippen LogP contribution < -0.4 is 14.2 Å². The second-order valence-electron chi connectivity index (χ2n) is 6.82. The number of nitrogens with zero attached hydrogens (tertiary/aromatic N) is 1. The average molecular weight is 431 g/mol. The van der Waals surface area contributed by atoms with Crippen molar-refractivity contribution in [3.8, 4) is 17.2 Å². The summed E-state index contributed by atoms with van der Waals surface area (Å²) in [6.07, 6.45) is 1.57. The van der Waals surface area contributed by atoms with Crippen LogP contribution in [0.5, 0.6) is 17.2 Å². The number of sulfonamides is 1. The van der Waals surface area contributed by atoms with Gasteiger partial charge in [0.2, 0.25) is 10.0 Å². The highest BCUT2D eigenvalue weighted by Crippen LogP contribution is 2.25. The Hall–Kier alpha value is -2.81. The zero-order valence-electron chi connectivity index (χ0n) is 17.2. The number of nitrogens with one attached hydrogen (secondary N) is 1. The smallest absolute Gasteiger partial charge is 0.240 e. The van der Waals surface area contributed by atoms with Gasteiger partial charge >= 0.3 is 0 Å². The van der Waals surface area contributed by atoms with Gasteiger partial charge in [0.15, 0.2) is 0 Å². The first-order valence-corrected chi connectivity index (χ1v) is 11.1. The lowest BCUT2D eigenvalue weighted by Crippen LogP contribution is -2.34. The second-order valence-corrected chi connectivity index (χ2v) is 8.59. The lowest BCUT2D eigenvalue weighted by Gasteiger charge is -2.22. The lowest BCUT2D eigenvalue weighted by atomic mass is 10.2. The van der Waals surface area contributed by atoms with Gasteiger partial charge < -0.3 is 13.9 Å². The molecule has 30 heavy (non-hydrogen) atoms. The second kappa shape index (κ2) is 9.80. The first kappa shape index (κ1) is 21.9. The van der Waals surface area contributed by atoms with Crippen molar-refractivity contribution in [2.24, 2.45) is 0 Å². The molecule has 3 rings (SSSR count). The summed E-state index contributed by atoms with van der Waals surface area (Å²) in [7, 11) is 0.0672. The molecule has 0 aliphatic heterocycles. The molecule has 3 aromatic rings. The largest absolute Gasteiger partial charge is 0.494 e. The highest BCUT2D eigenvalue weighted by molar-refractivity contribution is 7.89. The Morgan fingerprint density at radius 3 is 2.10 bits per heavy atom.